The zero-order valence-electron chi connectivity index (χ0n) is 21.2. The molecule has 0 aliphatic heterocycles. The van der Waals surface area contributed by atoms with Crippen LogP contribution in [-0.4, -0.2) is 8.07 Å². The van der Waals surface area contributed by atoms with Crippen LogP contribution in [0.3, 0.4) is 0 Å². The van der Waals surface area contributed by atoms with Gasteiger partial charge in [-0.2, -0.15) is 0 Å². The van der Waals surface area contributed by atoms with E-state index in [9.17, 15) is 0 Å². The Balaban J connectivity index is 1.42. The molecule has 0 fully saturated rings. The lowest BCUT2D eigenvalue weighted by Gasteiger charge is -2.35. The van der Waals surface area contributed by atoms with Gasteiger partial charge in [0.05, 0.1) is 8.07 Å². The number of hydrogen-bond acceptors (Lipinski definition) is 0. The van der Waals surface area contributed by atoms with Gasteiger partial charge in [0.25, 0.3) is 0 Å². The van der Waals surface area contributed by atoms with Crippen LogP contribution < -0.4 is 5.19 Å². The molecule has 0 saturated carbocycles. The van der Waals surface area contributed by atoms with Crippen molar-refractivity contribution in [2.24, 2.45) is 0 Å². The Morgan fingerprint density at radius 1 is 0.639 bits per heavy atom. The molecular weight excluding hydrogens is 448 g/mol. The molecule has 0 amide bonds. The average Bonchev–Trinajstić information content (AvgIpc) is 3.45. The lowest BCUT2D eigenvalue weighted by molar-refractivity contribution is 1.08. The van der Waals surface area contributed by atoms with Gasteiger partial charge < -0.3 is 0 Å². The van der Waals surface area contributed by atoms with Gasteiger partial charge in [0.2, 0.25) is 0 Å². The zero-order valence-corrected chi connectivity index (χ0v) is 22.2. The van der Waals surface area contributed by atoms with Gasteiger partial charge in [-0.1, -0.05) is 133 Å². The highest BCUT2D eigenvalue weighted by Crippen LogP contribution is 2.48. The van der Waals surface area contributed by atoms with Crippen molar-refractivity contribution in [1.29, 1.82) is 0 Å². The molecule has 0 spiro atoms. The predicted octanol–water partition coefficient (Wildman–Crippen LogP) is 8.73. The summed E-state index contributed by atoms with van der Waals surface area (Å²) in [4.78, 5) is 0. The third-order valence-electron chi connectivity index (χ3n) is 8.61. The summed E-state index contributed by atoms with van der Waals surface area (Å²) in [5.74, 6) is 0. The zero-order chi connectivity index (χ0) is 24.4. The van der Waals surface area contributed by atoms with Gasteiger partial charge in [-0.3, -0.25) is 0 Å². The number of fused-ring (bicyclic) bond motifs is 5. The molecule has 5 aromatic carbocycles. The average molecular weight is 479 g/mol. The van der Waals surface area contributed by atoms with Gasteiger partial charge in [-0.25, -0.2) is 0 Å². The number of allylic oxidation sites excluding steroid dienone is 1. The van der Waals surface area contributed by atoms with E-state index < -0.39 is 8.07 Å². The Labute approximate surface area is 215 Å². The van der Waals surface area contributed by atoms with Gasteiger partial charge in [-0.15, -0.1) is 0 Å². The van der Waals surface area contributed by atoms with Crippen LogP contribution in [0.25, 0.3) is 39.1 Å². The first-order chi connectivity index (χ1) is 17.5. The summed E-state index contributed by atoms with van der Waals surface area (Å²) >= 11 is 0. The molecule has 0 radical (unpaired) electrons. The third-order valence-corrected chi connectivity index (χ3v) is 12.7. The van der Waals surface area contributed by atoms with Crippen molar-refractivity contribution in [1.82, 2.24) is 0 Å². The maximum Gasteiger partial charge on any atom is 0.0927 e. The van der Waals surface area contributed by atoms with Crippen LogP contribution in [0.15, 0.2) is 109 Å². The molecule has 5 aromatic rings. The van der Waals surface area contributed by atoms with Crippen LogP contribution in [0.4, 0.5) is 0 Å². The van der Waals surface area contributed by atoms with Crippen LogP contribution in [0.2, 0.25) is 13.1 Å². The molecular formula is C35H30Si. The van der Waals surface area contributed by atoms with Crippen molar-refractivity contribution in [3.05, 3.63) is 131 Å². The molecule has 0 bridgehead atoms. The van der Waals surface area contributed by atoms with Crippen molar-refractivity contribution in [3.63, 3.8) is 0 Å². The van der Waals surface area contributed by atoms with Gasteiger partial charge in [0, 0.05) is 5.54 Å². The maximum absolute atomic E-state index is 2.60. The van der Waals surface area contributed by atoms with Crippen LogP contribution in [0, 0.1) is 0 Å². The van der Waals surface area contributed by atoms with E-state index in [4.69, 9.17) is 0 Å². The smallest absolute Gasteiger partial charge is 0.0675 e. The van der Waals surface area contributed by atoms with Gasteiger partial charge in [0.15, 0.2) is 0 Å². The summed E-state index contributed by atoms with van der Waals surface area (Å²) in [6, 6.07) is 38.5. The molecule has 0 N–H and O–H groups in total. The van der Waals surface area contributed by atoms with E-state index in [2.05, 4.69) is 129 Å². The summed E-state index contributed by atoms with van der Waals surface area (Å²) in [6.45, 7) is 7.56. The largest absolute Gasteiger partial charge is 0.0927 e. The Kier molecular flexibility index (Phi) is 4.74. The second-order valence-electron chi connectivity index (χ2n) is 11.0. The summed E-state index contributed by atoms with van der Waals surface area (Å²) in [7, 11) is -1.96. The molecule has 0 nitrogen and oxygen atoms in total. The fraction of sp³-hybridized carbons (Fsp3) is 0.143. The molecule has 1 heteroatoms. The summed E-state index contributed by atoms with van der Waals surface area (Å²) < 4.78 is 0. The SMILES string of the molecule is CC1=Cc2cccc(-c3cccc4ccccc34)c2C1[Si](C)(C)c1cccc2c1Cc1ccccc1-2. The summed E-state index contributed by atoms with van der Waals surface area (Å²) in [5.41, 5.74) is 13.6. The third kappa shape index (κ3) is 3.06. The van der Waals surface area contributed by atoms with Crippen molar-refractivity contribution in [2.45, 2.75) is 32.0 Å². The Hall–Kier alpha value is -3.68. The molecule has 7 rings (SSSR count). The van der Waals surface area contributed by atoms with Crippen LogP contribution in [0.5, 0.6) is 0 Å². The minimum Gasteiger partial charge on any atom is -0.0675 e. The highest BCUT2D eigenvalue weighted by molar-refractivity contribution is 6.92. The molecule has 0 saturated heterocycles. The van der Waals surface area contributed by atoms with Crippen molar-refractivity contribution in [2.75, 3.05) is 0 Å². The number of rotatable bonds is 3. The number of benzene rings is 5. The van der Waals surface area contributed by atoms with Crippen molar-refractivity contribution < 1.29 is 0 Å². The molecule has 0 aromatic heterocycles. The van der Waals surface area contributed by atoms with Gasteiger partial charge in [0.1, 0.15) is 0 Å². The van der Waals surface area contributed by atoms with E-state index in [1.807, 2.05) is 0 Å². The fourth-order valence-electron chi connectivity index (χ4n) is 7.13. The molecule has 36 heavy (non-hydrogen) atoms. The molecule has 2 aliphatic rings. The quantitative estimate of drug-likeness (QED) is 0.223. The predicted molar refractivity (Wildman–Crippen MR) is 158 cm³/mol. The molecule has 1 unspecified atom stereocenters. The summed E-state index contributed by atoms with van der Waals surface area (Å²) in [5, 5.41) is 4.27. The van der Waals surface area contributed by atoms with Gasteiger partial charge in [-0.05, 0) is 68.6 Å². The van der Waals surface area contributed by atoms with Crippen LogP contribution in [0.1, 0.15) is 34.7 Å². The molecule has 1 atom stereocenters. The highest BCUT2D eigenvalue weighted by Gasteiger charge is 2.42. The van der Waals surface area contributed by atoms with Crippen LogP contribution in [-0.2, 0) is 6.42 Å². The fourth-order valence-corrected chi connectivity index (χ4v) is 11.2. The van der Waals surface area contributed by atoms with E-state index in [1.54, 1.807) is 10.8 Å². The van der Waals surface area contributed by atoms with Crippen molar-refractivity contribution in [3.8, 4) is 22.3 Å². The lowest BCUT2D eigenvalue weighted by Crippen LogP contribution is -2.49. The molecule has 2 aliphatic carbocycles. The van der Waals surface area contributed by atoms with Crippen LogP contribution >= 0.6 is 0 Å². The highest BCUT2D eigenvalue weighted by atomic mass is 28.3. The molecule has 0 heterocycles. The first-order valence-corrected chi connectivity index (χ1v) is 16.1. The van der Waals surface area contributed by atoms with E-state index in [1.165, 1.54) is 55.3 Å². The van der Waals surface area contributed by atoms with E-state index in [-0.39, 0.29) is 0 Å². The monoisotopic (exact) mass is 478 g/mol. The Bertz CT molecular complexity index is 1700. The van der Waals surface area contributed by atoms with Crippen molar-refractivity contribution >= 4 is 30.1 Å². The Morgan fingerprint density at radius 2 is 1.31 bits per heavy atom. The number of hydrogen-bond donors (Lipinski definition) is 0. The second-order valence-corrected chi connectivity index (χ2v) is 15.6. The van der Waals surface area contributed by atoms with E-state index in [0.29, 0.717) is 5.54 Å². The maximum atomic E-state index is 2.60. The second kappa shape index (κ2) is 7.91. The van der Waals surface area contributed by atoms with E-state index >= 15 is 0 Å². The first-order valence-electron chi connectivity index (χ1n) is 13.0. The van der Waals surface area contributed by atoms with E-state index in [0.717, 1.165) is 6.42 Å². The standard InChI is InChI=1S/C35H30Si/c1-23-21-26-14-9-19-31(29-17-8-13-24-11-4-6-15-27(24)29)34(26)35(23)36(2,3)33-20-10-18-30-28-16-7-5-12-25(28)22-32(30)33/h4-21,35H,22H2,1-3H3. The first kappa shape index (κ1) is 21.6. The topological polar surface area (TPSA) is 0 Å². The summed E-state index contributed by atoms with van der Waals surface area (Å²) in [6.07, 6.45) is 3.52. The lowest BCUT2D eigenvalue weighted by atomic mass is 9.92. The Morgan fingerprint density at radius 3 is 2.22 bits per heavy atom. The molecule has 174 valence electrons. The normalized spacial score (nSPS) is 16.0. The minimum absolute atomic E-state index is 0.456. The minimum atomic E-state index is -1.96. The van der Waals surface area contributed by atoms with Gasteiger partial charge >= 0.3 is 0 Å².